The highest BCUT2D eigenvalue weighted by Crippen LogP contribution is 2.25. The molecule has 3 rings (SSSR count). The Hall–Kier alpha value is -2.59. The number of amides is 1. The molecule has 0 bridgehead atoms. The highest BCUT2D eigenvalue weighted by Gasteiger charge is 2.17. The van der Waals surface area contributed by atoms with Crippen molar-refractivity contribution in [2.24, 2.45) is 0 Å². The summed E-state index contributed by atoms with van der Waals surface area (Å²) in [6, 6.07) is 16.7. The Morgan fingerprint density at radius 3 is 2.71 bits per heavy atom. The number of carbonyl (C=O) groups is 1. The Morgan fingerprint density at radius 1 is 1.12 bits per heavy atom. The number of anilines is 1. The molecule has 0 aliphatic heterocycles. The minimum atomic E-state index is -0.690. The van der Waals surface area contributed by atoms with Crippen molar-refractivity contribution in [3.05, 3.63) is 65.3 Å². The van der Waals surface area contributed by atoms with Gasteiger partial charge in [-0.3, -0.25) is 9.78 Å². The molecular formula is C19H17ClN2O2. The van der Waals surface area contributed by atoms with Crippen LogP contribution in [0.15, 0.2) is 54.6 Å². The van der Waals surface area contributed by atoms with Crippen molar-refractivity contribution in [1.29, 1.82) is 0 Å². The van der Waals surface area contributed by atoms with Gasteiger partial charge in [-0.1, -0.05) is 41.9 Å². The second-order valence-corrected chi connectivity index (χ2v) is 5.92. The molecule has 1 N–H and O–H groups in total. The number of hydrogen-bond donors (Lipinski definition) is 1. The van der Waals surface area contributed by atoms with E-state index in [4.69, 9.17) is 16.3 Å². The molecule has 0 saturated heterocycles. The molecule has 2 aromatic carbocycles. The quantitative estimate of drug-likeness (QED) is 0.755. The summed E-state index contributed by atoms with van der Waals surface area (Å²) in [4.78, 5) is 17.0. The molecule has 1 atom stereocenters. The van der Waals surface area contributed by atoms with E-state index in [1.807, 2.05) is 49.4 Å². The lowest BCUT2D eigenvalue weighted by Crippen LogP contribution is -2.30. The first-order valence-electron chi connectivity index (χ1n) is 7.63. The SMILES string of the molecule is Cc1ccc2cccc(NC(=O)[C@H](C)Oc3ccccc3Cl)c2n1. The summed E-state index contributed by atoms with van der Waals surface area (Å²) >= 11 is 6.06. The molecule has 5 heteroatoms. The highest BCUT2D eigenvalue weighted by molar-refractivity contribution is 6.32. The van der Waals surface area contributed by atoms with E-state index >= 15 is 0 Å². The van der Waals surface area contributed by atoms with E-state index < -0.39 is 6.10 Å². The average Bonchev–Trinajstić information content (AvgIpc) is 2.57. The molecular weight excluding hydrogens is 324 g/mol. The Labute approximate surface area is 145 Å². The zero-order chi connectivity index (χ0) is 17.1. The summed E-state index contributed by atoms with van der Waals surface area (Å²) in [6.07, 6.45) is -0.690. The number of halogens is 1. The zero-order valence-electron chi connectivity index (χ0n) is 13.4. The van der Waals surface area contributed by atoms with E-state index in [0.717, 1.165) is 16.6 Å². The number of aryl methyl sites for hydroxylation is 1. The first kappa shape index (κ1) is 16.3. The van der Waals surface area contributed by atoms with Crippen molar-refractivity contribution in [3.63, 3.8) is 0 Å². The lowest BCUT2D eigenvalue weighted by molar-refractivity contribution is -0.122. The van der Waals surface area contributed by atoms with Gasteiger partial charge in [0.2, 0.25) is 0 Å². The third-order valence-electron chi connectivity index (χ3n) is 3.63. The van der Waals surface area contributed by atoms with E-state index in [1.54, 1.807) is 19.1 Å². The van der Waals surface area contributed by atoms with Crippen LogP contribution in [-0.4, -0.2) is 17.0 Å². The largest absolute Gasteiger partial charge is 0.479 e. The number of fused-ring (bicyclic) bond motifs is 1. The van der Waals surface area contributed by atoms with Gasteiger partial charge in [-0.05, 0) is 38.1 Å². The van der Waals surface area contributed by atoms with Crippen LogP contribution in [-0.2, 0) is 4.79 Å². The Bertz CT molecular complexity index is 895. The normalized spacial score (nSPS) is 12.0. The second kappa shape index (κ2) is 6.89. The van der Waals surface area contributed by atoms with Crippen LogP contribution in [0.2, 0.25) is 5.02 Å². The minimum absolute atomic E-state index is 0.259. The number of nitrogens with zero attached hydrogens (tertiary/aromatic N) is 1. The van der Waals surface area contributed by atoms with Gasteiger partial charge in [0.05, 0.1) is 16.2 Å². The van der Waals surface area contributed by atoms with Gasteiger partial charge < -0.3 is 10.1 Å². The molecule has 0 radical (unpaired) electrons. The number of benzene rings is 2. The lowest BCUT2D eigenvalue weighted by Gasteiger charge is -2.16. The molecule has 0 aliphatic carbocycles. The maximum atomic E-state index is 12.4. The van der Waals surface area contributed by atoms with Crippen LogP contribution in [0.3, 0.4) is 0 Å². The van der Waals surface area contributed by atoms with Crippen molar-refractivity contribution in [3.8, 4) is 5.75 Å². The van der Waals surface area contributed by atoms with Gasteiger partial charge in [0.25, 0.3) is 5.91 Å². The van der Waals surface area contributed by atoms with Crippen LogP contribution < -0.4 is 10.1 Å². The first-order chi connectivity index (χ1) is 11.5. The fourth-order valence-corrected chi connectivity index (χ4v) is 2.54. The van der Waals surface area contributed by atoms with Gasteiger partial charge in [0.15, 0.2) is 6.10 Å². The van der Waals surface area contributed by atoms with E-state index in [1.165, 1.54) is 0 Å². The maximum absolute atomic E-state index is 12.4. The summed E-state index contributed by atoms with van der Waals surface area (Å²) in [5.41, 5.74) is 2.32. The van der Waals surface area contributed by atoms with Gasteiger partial charge in [0, 0.05) is 11.1 Å². The molecule has 0 unspecified atom stereocenters. The van der Waals surface area contributed by atoms with E-state index in [2.05, 4.69) is 10.3 Å². The number of para-hydroxylation sites is 2. The summed E-state index contributed by atoms with van der Waals surface area (Å²) in [5.74, 6) is 0.222. The van der Waals surface area contributed by atoms with Crippen LogP contribution in [0, 0.1) is 6.92 Å². The highest BCUT2D eigenvalue weighted by atomic mass is 35.5. The number of ether oxygens (including phenoxy) is 1. The molecule has 1 amide bonds. The fourth-order valence-electron chi connectivity index (χ4n) is 2.36. The molecule has 122 valence electrons. The van der Waals surface area contributed by atoms with Crippen LogP contribution in [0.5, 0.6) is 5.75 Å². The Morgan fingerprint density at radius 2 is 1.92 bits per heavy atom. The molecule has 1 heterocycles. The molecule has 0 saturated carbocycles. The molecule has 0 spiro atoms. The molecule has 0 aliphatic rings. The van der Waals surface area contributed by atoms with E-state index in [-0.39, 0.29) is 5.91 Å². The summed E-state index contributed by atoms with van der Waals surface area (Å²) in [7, 11) is 0. The van der Waals surface area contributed by atoms with Gasteiger partial charge >= 0.3 is 0 Å². The topological polar surface area (TPSA) is 51.2 Å². The van der Waals surface area contributed by atoms with Gasteiger partial charge in [-0.2, -0.15) is 0 Å². The molecule has 1 aromatic heterocycles. The number of nitrogens with one attached hydrogen (secondary N) is 1. The van der Waals surface area contributed by atoms with E-state index in [0.29, 0.717) is 16.5 Å². The van der Waals surface area contributed by atoms with Crippen LogP contribution in [0.1, 0.15) is 12.6 Å². The minimum Gasteiger partial charge on any atom is -0.479 e. The Balaban J connectivity index is 1.80. The molecule has 3 aromatic rings. The lowest BCUT2D eigenvalue weighted by atomic mass is 10.1. The van der Waals surface area contributed by atoms with Crippen molar-refractivity contribution < 1.29 is 9.53 Å². The van der Waals surface area contributed by atoms with E-state index in [9.17, 15) is 4.79 Å². The second-order valence-electron chi connectivity index (χ2n) is 5.51. The summed E-state index contributed by atoms with van der Waals surface area (Å²) in [6.45, 7) is 3.60. The monoisotopic (exact) mass is 340 g/mol. The number of aromatic nitrogens is 1. The van der Waals surface area contributed by atoms with Crippen LogP contribution in [0.4, 0.5) is 5.69 Å². The summed E-state index contributed by atoms with van der Waals surface area (Å²) < 4.78 is 5.65. The summed E-state index contributed by atoms with van der Waals surface area (Å²) in [5, 5.41) is 4.32. The van der Waals surface area contributed by atoms with Crippen LogP contribution in [0.25, 0.3) is 10.9 Å². The number of rotatable bonds is 4. The molecule has 0 fully saturated rings. The van der Waals surface area contributed by atoms with Crippen molar-refractivity contribution in [2.75, 3.05) is 5.32 Å². The third-order valence-corrected chi connectivity index (χ3v) is 3.94. The van der Waals surface area contributed by atoms with Crippen molar-refractivity contribution >= 4 is 34.1 Å². The predicted molar refractivity (Wildman–Crippen MR) is 96.7 cm³/mol. The zero-order valence-corrected chi connectivity index (χ0v) is 14.2. The van der Waals surface area contributed by atoms with Gasteiger partial charge in [-0.25, -0.2) is 0 Å². The maximum Gasteiger partial charge on any atom is 0.265 e. The third kappa shape index (κ3) is 3.49. The smallest absolute Gasteiger partial charge is 0.265 e. The van der Waals surface area contributed by atoms with Crippen LogP contribution >= 0.6 is 11.6 Å². The van der Waals surface area contributed by atoms with Crippen molar-refractivity contribution in [1.82, 2.24) is 4.98 Å². The number of pyridine rings is 1. The number of carbonyl (C=O) groups excluding carboxylic acids is 1. The Kier molecular flexibility index (Phi) is 4.67. The number of hydrogen-bond acceptors (Lipinski definition) is 3. The van der Waals surface area contributed by atoms with Gasteiger partial charge in [0.1, 0.15) is 5.75 Å². The first-order valence-corrected chi connectivity index (χ1v) is 8.01. The molecule has 4 nitrogen and oxygen atoms in total. The molecule has 24 heavy (non-hydrogen) atoms. The predicted octanol–water partition coefficient (Wildman–Crippen LogP) is 4.60. The average molecular weight is 341 g/mol. The standard InChI is InChI=1S/C19H17ClN2O2/c1-12-10-11-14-6-5-8-16(18(14)21-12)22-19(23)13(2)24-17-9-4-3-7-15(17)20/h3-11,13H,1-2H3,(H,22,23)/t13-/m0/s1. The van der Waals surface area contributed by atoms with Gasteiger partial charge in [-0.15, -0.1) is 0 Å². The fraction of sp³-hybridized carbons (Fsp3) is 0.158. The van der Waals surface area contributed by atoms with Crippen molar-refractivity contribution in [2.45, 2.75) is 20.0 Å².